The molecule has 1 fully saturated rings. The fraction of sp³-hybridized carbons (Fsp3) is 0.750. The predicted molar refractivity (Wildman–Crippen MR) is 59.7 cm³/mol. The number of primary amides is 1. The fourth-order valence-electron chi connectivity index (χ4n) is 1.48. The number of rotatable bonds is 6. The zero-order valence-corrected chi connectivity index (χ0v) is 10.4. The van der Waals surface area contributed by atoms with E-state index in [-0.39, 0.29) is 26.3 Å². The molecule has 1 aliphatic rings. The number of carbonyl (C=O) groups is 2. The zero-order valence-electron chi connectivity index (χ0n) is 9.61. The number of hydrogen-bond donors (Lipinski definition) is 2. The topological polar surface area (TPSA) is 130 Å². The van der Waals surface area contributed by atoms with Crippen LogP contribution in [0.4, 0.5) is 0 Å². The molecule has 0 radical (unpaired) electrons. The zero-order chi connectivity index (χ0) is 13.8. The molecule has 0 unspecified atom stereocenters. The van der Waals surface area contributed by atoms with Crippen LogP contribution in [-0.4, -0.2) is 73.4 Å². The molecule has 0 aromatic heterocycles. The van der Waals surface area contributed by atoms with Crippen LogP contribution >= 0.6 is 0 Å². The number of aliphatic carboxylic acids is 1. The molecule has 1 amide bonds. The Morgan fingerprint density at radius 1 is 1.28 bits per heavy atom. The first kappa shape index (κ1) is 14.8. The van der Waals surface area contributed by atoms with E-state index in [4.69, 9.17) is 15.6 Å². The SMILES string of the molecule is NC(=O)CN(CC(=O)O)S(=O)(=O)N1CCOCC1. The third-order valence-electron chi connectivity index (χ3n) is 2.27. The van der Waals surface area contributed by atoms with Crippen molar-refractivity contribution in [3.8, 4) is 0 Å². The number of carboxylic acid groups (broad SMARTS) is 1. The van der Waals surface area contributed by atoms with Gasteiger partial charge in [0.15, 0.2) is 0 Å². The molecule has 104 valence electrons. The second-order valence-corrected chi connectivity index (χ2v) is 5.58. The summed E-state index contributed by atoms with van der Waals surface area (Å²) in [6, 6.07) is 0. The van der Waals surface area contributed by atoms with Gasteiger partial charge in [-0.3, -0.25) is 9.59 Å². The lowest BCUT2D eigenvalue weighted by Gasteiger charge is -2.30. The van der Waals surface area contributed by atoms with Crippen molar-refractivity contribution in [3.05, 3.63) is 0 Å². The van der Waals surface area contributed by atoms with Gasteiger partial charge in [-0.25, -0.2) is 0 Å². The summed E-state index contributed by atoms with van der Waals surface area (Å²) in [5.74, 6) is -2.26. The molecule has 10 heteroatoms. The molecule has 0 aliphatic carbocycles. The quantitative estimate of drug-likeness (QED) is 0.550. The van der Waals surface area contributed by atoms with Crippen molar-refractivity contribution < 1.29 is 27.9 Å². The van der Waals surface area contributed by atoms with E-state index in [1.54, 1.807) is 0 Å². The van der Waals surface area contributed by atoms with Crippen molar-refractivity contribution >= 4 is 22.1 Å². The van der Waals surface area contributed by atoms with Crippen LogP contribution in [0.3, 0.4) is 0 Å². The standard InChI is InChI=1S/C8H15N3O6S/c9-7(12)5-11(6-8(13)14)18(15,16)10-1-3-17-4-2-10/h1-6H2,(H2,9,12)(H,13,14). The molecule has 0 spiro atoms. The summed E-state index contributed by atoms with van der Waals surface area (Å²) in [4.78, 5) is 21.4. The van der Waals surface area contributed by atoms with E-state index in [9.17, 15) is 18.0 Å². The van der Waals surface area contributed by atoms with Crippen LogP contribution in [0.1, 0.15) is 0 Å². The van der Waals surface area contributed by atoms with E-state index in [1.807, 2.05) is 0 Å². The van der Waals surface area contributed by atoms with Gasteiger partial charge in [0, 0.05) is 13.1 Å². The third-order valence-corrected chi connectivity index (χ3v) is 4.19. The molecule has 1 rings (SSSR count). The van der Waals surface area contributed by atoms with Crippen LogP contribution < -0.4 is 5.73 Å². The number of hydrogen-bond acceptors (Lipinski definition) is 5. The van der Waals surface area contributed by atoms with Gasteiger partial charge in [-0.05, 0) is 0 Å². The highest BCUT2D eigenvalue weighted by Gasteiger charge is 2.33. The van der Waals surface area contributed by atoms with Gasteiger partial charge in [0.05, 0.1) is 19.8 Å². The third kappa shape index (κ3) is 3.91. The Bertz CT molecular complexity index is 401. The van der Waals surface area contributed by atoms with Crippen molar-refractivity contribution in [1.29, 1.82) is 0 Å². The molecule has 0 bridgehead atoms. The second kappa shape index (κ2) is 6.09. The summed E-state index contributed by atoms with van der Waals surface area (Å²) >= 11 is 0. The van der Waals surface area contributed by atoms with Gasteiger partial charge >= 0.3 is 5.97 Å². The Hall–Kier alpha value is -1.23. The maximum Gasteiger partial charge on any atom is 0.318 e. The summed E-state index contributed by atoms with van der Waals surface area (Å²) in [5, 5.41) is 8.66. The van der Waals surface area contributed by atoms with E-state index in [0.29, 0.717) is 4.31 Å². The molecule has 1 aliphatic heterocycles. The van der Waals surface area contributed by atoms with Crippen molar-refractivity contribution in [1.82, 2.24) is 8.61 Å². The van der Waals surface area contributed by atoms with Gasteiger partial charge in [0.1, 0.15) is 6.54 Å². The Balaban J connectivity index is 2.86. The van der Waals surface area contributed by atoms with Crippen molar-refractivity contribution in [2.75, 3.05) is 39.4 Å². The first-order valence-electron chi connectivity index (χ1n) is 5.17. The number of carbonyl (C=O) groups excluding carboxylic acids is 1. The van der Waals surface area contributed by atoms with Crippen LogP contribution in [0, 0.1) is 0 Å². The summed E-state index contributed by atoms with van der Waals surface area (Å²) in [7, 11) is -4.01. The number of ether oxygens (including phenoxy) is 1. The lowest BCUT2D eigenvalue weighted by molar-refractivity contribution is -0.137. The van der Waals surface area contributed by atoms with E-state index in [1.165, 1.54) is 0 Å². The lowest BCUT2D eigenvalue weighted by atomic mass is 10.5. The Morgan fingerprint density at radius 3 is 2.28 bits per heavy atom. The van der Waals surface area contributed by atoms with Gasteiger partial charge < -0.3 is 15.6 Å². The minimum absolute atomic E-state index is 0.122. The van der Waals surface area contributed by atoms with Crippen LogP contribution in [0.5, 0.6) is 0 Å². The molecule has 0 atom stereocenters. The van der Waals surface area contributed by atoms with E-state index in [2.05, 4.69) is 0 Å². The Morgan fingerprint density at radius 2 is 1.83 bits per heavy atom. The van der Waals surface area contributed by atoms with Crippen molar-refractivity contribution in [2.45, 2.75) is 0 Å². The predicted octanol–water partition coefficient (Wildman–Crippen LogP) is -2.56. The van der Waals surface area contributed by atoms with Gasteiger partial charge in [0.2, 0.25) is 5.91 Å². The van der Waals surface area contributed by atoms with E-state index < -0.39 is 35.2 Å². The maximum atomic E-state index is 12.1. The molecule has 9 nitrogen and oxygen atoms in total. The second-order valence-electron chi connectivity index (χ2n) is 3.65. The minimum Gasteiger partial charge on any atom is -0.480 e. The Kier molecular flexibility index (Phi) is 5.02. The van der Waals surface area contributed by atoms with Crippen LogP contribution in [0.15, 0.2) is 0 Å². The average molecular weight is 281 g/mol. The number of amides is 1. The largest absolute Gasteiger partial charge is 0.480 e. The first-order valence-corrected chi connectivity index (χ1v) is 6.57. The number of carboxylic acids is 1. The molecule has 1 saturated heterocycles. The normalized spacial score (nSPS) is 17.8. The maximum absolute atomic E-state index is 12.1. The van der Waals surface area contributed by atoms with Gasteiger partial charge in [-0.15, -0.1) is 0 Å². The van der Waals surface area contributed by atoms with Crippen LogP contribution in [0.25, 0.3) is 0 Å². The number of nitrogens with zero attached hydrogens (tertiary/aromatic N) is 2. The molecule has 0 saturated carbocycles. The fourth-order valence-corrected chi connectivity index (χ4v) is 2.99. The molecule has 3 N–H and O–H groups in total. The summed E-state index contributed by atoms with van der Waals surface area (Å²) in [5.41, 5.74) is 4.91. The molecule has 0 aromatic rings. The highest BCUT2D eigenvalue weighted by Crippen LogP contribution is 2.10. The highest BCUT2D eigenvalue weighted by molar-refractivity contribution is 7.86. The average Bonchev–Trinajstić information content (AvgIpc) is 2.28. The number of morpholine rings is 1. The Labute approximate surface area is 104 Å². The molecule has 1 heterocycles. The minimum atomic E-state index is -4.01. The molecule has 0 aromatic carbocycles. The van der Waals surface area contributed by atoms with Crippen molar-refractivity contribution in [2.24, 2.45) is 5.73 Å². The molecule has 18 heavy (non-hydrogen) atoms. The molecular weight excluding hydrogens is 266 g/mol. The van der Waals surface area contributed by atoms with E-state index >= 15 is 0 Å². The van der Waals surface area contributed by atoms with E-state index in [0.717, 1.165) is 4.31 Å². The monoisotopic (exact) mass is 281 g/mol. The smallest absolute Gasteiger partial charge is 0.318 e. The summed E-state index contributed by atoms with van der Waals surface area (Å²) < 4.78 is 30.8. The molecular formula is C8H15N3O6S. The number of nitrogens with two attached hydrogens (primary N) is 1. The van der Waals surface area contributed by atoms with Crippen LogP contribution in [0.2, 0.25) is 0 Å². The van der Waals surface area contributed by atoms with Gasteiger partial charge in [-0.2, -0.15) is 17.0 Å². The van der Waals surface area contributed by atoms with Gasteiger partial charge in [-0.1, -0.05) is 0 Å². The van der Waals surface area contributed by atoms with Crippen molar-refractivity contribution in [3.63, 3.8) is 0 Å². The van der Waals surface area contributed by atoms with Gasteiger partial charge in [0.25, 0.3) is 10.2 Å². The summed E-state index contributed by atoms with van der Waals surface area (Å²) in [6.45, 7) is -0.753. The first-order chi connectivity index (χ1) is 8.34. The lowest BCUT2D eigenvalue weighted by Crippen LogP contribution is -2.51. The van der Waals surface area contributed by atoms with Crippen LogP contribution in [-0.2, 0) is 24.5 Å². The summed E-state index contributed by atoms with van der Waals surface area (Å²) in [6.07, 6.45) is 0. The highest BCUT2D eigenvalue weighted by atomic mass is 32.2.